The number of aryl methyl sites for hydroxylation is 2. The van der Waals surface area contributed by atoms with Crippen molar-refractivity contribution in [2.24, 2.45) is 0 Å². The summed E-state index contributed by atoms with van der Waals surface area (Å²) in [5.74, 6) is 0. The van der Waals surface area contributed by atoms with Crippen molar-refractivity contribution < 1.29 is 21.6 Å². The number of rotatable bonds is 3. The first-order chi connectivity index (χ1) is 12.8. The third-order valence-corrected chi connectivity index (χ3v) is 6.85. The molecule has 2 aromatic carbocycles. The summed E-state index contributed by atoms with van der Waals surface area (Å²) in [6.45, 7) is 0. The second-order valence-electron chi connectivity index (χ2n) is 6.05. The first kappa shape index (κ1) is 18.0. The third-order valence-electron chi connectivity index (χ3n) is 4.29. The fraction of sp³-hybridized carbons (Fsp3) is 0.167. The molecule has 0 saturated carbocycles. The summed E-state index contributed by atoms with van der Waals surface area (Å²) in [6, 6.07) is 11.8. The lowest BCUT2D eigenvalue weighted by Gasteiger charge is -2.13. The highest BCUT2D eigenvalue weighted by Crippen LogP contribution is 2.39. The van der Waals surface area contributed by atoms with Crippen molar-refractivity contribution in [3.05, 3.63) is 64.5 Å². The van der Waals surface area contributed by atoms with Gasteiger partial charge in [-0.05, 0) is 30.5 Å². The maximum absolute atomic E-state index is 13.2. The summed E-state index contributed by atoms with van der Waals surface area (Å²) in [4.78, 5) is 4.44. The predicted octanol–water partition coefficient (Wildman–Crippen LogP) is 4.73. The average Bonchev–Trinajstić information content (AvgIpc) is 3.03. The van der Waals surface area contributed by atoms with E-state index in [1.165, 1.54) is 6.07 Å². The number of hydrogen-bond acceptors (Lipinski definition) is 4. The van der Waals surface area contributed by atoms with Gasteiger partial charge in [0.2, 0.25) is 0 Å². The fourth-order valence-electron chi connectivity index (χ4n) is 3.10. The molecule has 0 bridgehead atoms. The van der Waals surface area contributed by atoms with E-state index in [2.05, 4.69) is 9.71 Å². The van der Waals surface area contributed by atoms with Gasteiger partial charge in [0, 0.05) is 10.4 Å². The Balaban J connectivity index is 1.72. The fourth-order valence-corrected chi connectivity index (χ4v) is 5.54. The Morgan fingerprint density at radius 1 is 1.00 bits per heavy atom. The van der Waals surface area contributed by atoms with Crippen molar-refractivity contribution in [1.29, 1.82) is 0 Å². The molecule has 4 nitrogen and oxygen atoms in total. The smallest absolute Gasteiger partial charge is 0.255 e. The van der Waals surface area contributed by atoms with Crippen LogP contribution >= 0.6 is 11.3 Å². The first-order valence-electron chi connectivity index (χ1n) is 8.03. The summed E-state index contributed by atoms with van der Waals surface area (Å²) in [5, 5.41) is 0.0636. The van der Waals surface area contributed by atoms with Crippen LogP contribution in [0.15, 0.2) is 53.4 Å². The van der Waals surface area contributed by atoms with Gasteiger partial charge in [-0.25, -0.2) is 13.4 Å². The maximum atomic E-state index is 13.2. The van der Waals surface area contributed by atoms with Gasteiger partial charge in [0.15, 0.2) is 5.13 Å². The number of nitrogens with one attached hydrogen (secondary N) is 1. The Hall–Kier alpha value is -2.39. The predicted molar refractivity (Wildman–Crippen MR) is 97.2 cm³/mol. The molecule has 1 aromatic heterocycles. The van der Waals surface area contributed by atoms with E-state index in [0.717, 1.165) is 52.0 Å². The van der Waals surface area contributed by atoms with Gasteiger partial charge in [-0.3, -0.25) is 4.72 Å². The molecular weight excluding hydrogens is 397 g/mol. The third kappa shape index (κ3) is 3.32. The lowest BCUT2D eigenvalue weighted by atomic mass is 9.94. The highest BCUT2D eigenvalue weighted by atomic mass is 32.2. The number of halogens is 3. The van der Waals surface area contributed by atoms with Crippen LogP contribution in [0, 0.1) is 0 Å². The van der Waals surface area contributed by atoms with Crippen molar-refractivity contribution in [3.63, 3.8) is 0 Å². The number of anilines is 1. The van der Waals surface area contributed by atoms with Crippen LogP contribution in [-0.4, -0.2) is 13.4 Å². The highest BCUT2D eigenvalue weighted by Gasteiger charge is 2.37. The number of benzene rings is 2. The van der Waals surface area contributed by atoms with Gasteiger partial charge in [-0.15, -0.1) is 11.3 Å². The molecular formula is C18H13F3N2O2S2. The minimum Gasteiger partial charge on any atom is -0.255 e. The lowest BCUT2D eigenvalue weighted by molar-refractivity contribution is -0.139. The minimum absolute atomic E-state index is 0.0636. The van der Waals surface area contributed by atoms with E-state index < -0.39 is 26.7 Å². The van der Waals surface area contributed by atoms with E-state index in [1.54, 1.807) is 0 Å². The van der Waals surface area contributed by atoms with Crippen molar-refractivity contribution in [3.8, 4) is 11.3 Å². The number of sulfonamides is 1. The largest absolute Gasteiger partial charge is 0.417 e. The molecule has 0 fully saturated rings. The summed E-state index contributed by atoms with van der Waals surface area (Å²) in [7, 11) is -4.43. The van der Waals surface area contributed by atoms with Gasteiger partial charge >= 0.3 is 6.18 Å². The second-order valence-corrected chi connectivity index (χ2v) is 8.78. The van der Waals surface area contributed by atoms with Gasteiger partial charge < -0.3 is 0 Å². The Labute approximate surface area is 157 Å². The molecule has 1 N–H and O–H groups in total. The molecule has 0 saturated heterocycles. The van der Waals surface area contributed by atoms with E-state index in [4.69, 9.17) is 0 Å². The number of thiazole rings is 1. The van der Waals surface area contributed by atoms with Crippen LogP contribution < -0.4 is 4.72 Å². The lowest BCUT2D eigenvalue weighted by Crippen LogP contribution is -2.18. The van der Waals surface area contributed by atoms with E-state index in [-0.39, 0.29) is 5.13 Å². The molecule has 4 rings (SSSR count). The van der Waals surface area contributed by atoms with Gasteiger partial charge in [0.25, 0.3) is 10.0 Å². The Morgan fingerprint density at radius 2 is 1.70 bits per heavy atom. The Morgan fingerprint density at radius 3 is 2.48 bits per heavy atom. The number of alkyl halides is 3. The molecule has 9 heteroatoms. The van der Waals surface area contributed by atoms with Gasteiger partial charge in [0.1, 0.15) is 0 Å². The molecule has 27 heavy (non-hydrogen) atoms. The molecule has 0 radical (unpaired) electrons. The quantitative estimate of drug-likeness (QED) is 0.679. The number of hydrogen-bond donors (Lipinski definition) is 1. The molecule has 0 spiro atoms. The Kier molecular flexibility index (Phi) is 4.23. The van der Waals surface area contributed by atoms with Crippen LogP contribution in [0.2, 0.25) is 0 Å². The molecule has 140 valence electrons. The molecule has 1 heterocycles. The zero-order valence-electron chi connectivity index (χ0n) is 13.7. The van der Waals surface area contributed by atoms with E-state index in [9.17, 15) is 21.6 Å². The number of fused-ring (bicyclic) bond motifs is 3. The summed E-state index contributed by atoms with van der Waals surface area (Å²) in [6.07, 6.45) is -3.24. The van der Waals surface area contributed by atoms with Crippen LogP contribution in [0.3, 0.4) is 0 Å². The normalized spacial score (nSPS) is 13.7. The summed E-state index contributed by atoms with van der Waals surface area (Å²) < 4.78 is 66.9. The zero-order chi connectivity index (χ0) is 19.2. The van der Waals surface area contributed by atoms with Gasteiger partial charge in [-0.2, -0.15) is 13.2 Å². The molecule has 3 aromatic rings. The van der Waals surface area contributed by atoms with Crippen molar-refractivity contribution in [2.75, 3.05) is 4.72 Å². The van der Waals surface area contributed by atoms with E-state index >= 15 is 0 Å². The molecule has 0 aliphatic heterocycles. The van der Waals surface area contributed by atoms with Crippen LogP contribution in [0.4, 0.5) is 18.3 Å². The second kappa shape index (κ2) is 6.35. The molecule has 0 unspecified atom stereocenters. The number of aromatic nitrogens is 1. The standard InChI is InChI=1S/C18H13F3N2O2S2/c19-18(20,21)13-7-3-4-8-15(13)27(24,25)23-17-22-16-12-6-2-1-5-11(12)9-10-14(16)26-17/h1-8H,9-10H2,(H,22,23). The van der Waals surface area contributed by atoms with Gasteiger partial charge in [0.05, 0.1) is 16.2 Å². The molecule has 0 amide bonds. The Bertz CT molecular complexity index is 1120. The van der Waals surface area contributed by atoms with Crippen LogP contribution in [0.1, 0.15) is 16.0 Å². The first-order valence-corrected chi connectivity index (χ1v) is 10.3. The number of nitrogens with zero attached hydrogens (tertiary/aromatic N) is 1. The monoisotopic (exact) mass is 410 g/mol. The minimum atomic E-state index is -4.77. The average molecular weight is 410 g/mol. The molecule has 1 aliphatic carbocycles. The maximum Gasteiger partial charge on any atom is 0.417 e. The zero-order valence-corrected chi connectivity index (χ0v) is 15.4. The topological polar surface area (TPSA) is 59.1 Å². The van der Waals surface area contributed by atoms with Crippen molar-refractivity contribution in [2.45, 2.75) is 23.9 Å². The van der Waals surface area contributed by atoms with E-state index in [0.29, 0.717) is 12.1 Å². The SMILES string of the molecule is O=S(=O)(Nc1nc2c(s1)CCc1ccccc1-2)c1ccccc1C(F)(F)F. The van der Waals surface area contributed by atoms with E-state index in [1.807, 2.05) is 24.3 Å². The van der Waals surface area contributed by atoms with Crippen LogP contribution in [0.25, 0.3) is 11.3 Å². The summed E-state index contributed by atoms with van der Waals surface area (Å²) >= 11 is 1.15. The summed E-state index contributed by atoms with van der Waals surface area (Å²) in [5.41, 5.74) is 1.52. The molecule has 0 atom stereocenters. The highest BCUT2D eigenvalue weighted by molar-refractivity contribution is 7.93. The molecule has 1 aliphatic rings. The van der Waals surface area contributed by atoms with Crippen LogP contribution in [0.5, 0.6) is 0 Å². The van der Waals surface area contributed by atoms with Crippen molar-refractivity contribution >= 4 is 26.5 Å². The van der Waals surface area contributed by atoms with Crippen LogP contribution in [-0.2, 0) is 29.0 Å². The van der Waals surface area contributed by atoms with Gasteiger partial charge in [-0.1, -0.05) is 36.4 Å². The van der Waals surface area contributed by atoms with Crippen molar-refractivity contribution in [1.82, 2.24) is 4.98 Å².